The van der Waals surface area contributed by atoms with Gasteiger partial charge >= 0.3 is 5.97 Å². The number of hydrogen-bond donors (Lipinski definition) is 1. The van der Waals surface area contributed by atoms with E-state index in [1.165, 1.54) is 18.6 Å². The highest BCUT2D eigenvalue weighted by molar-refractivity contribution is 8.00. The number of aromatic carboxylic acids is 1. The van der Waals surface area contributed by atoms with Crippen molar-refractivity contribution in [3.8, 4) is 0 Å². The number of thioether (sulfide) groups is 1. The molecule has 0 aromatic heterocycles. The van der Waals surface area contributed by atoms with E-state index >= 15 is 0 Å². The van der Waals surface area contributed by atoms with Gasteiger partial charge in [0.05, 0.1) is 5.56 Å². The van der Waals surface area contributed by atoms with E-state index in [4.69, 9.17) is 5.11 Å². The second-order valence-corrected chi connectivity index (χ2v) is 6.98. The molecule has 4 heteroatoms. The minimum atomic E-state index is -1.20. The molecule has 0 spiro atoms. The maximum atomic E-state index is 13.3. The van der Waals surface area contributed by atoms with Crippen LogP contribution in [0.2, 0.25) is 0 Å². The first-order chi connectivity index (χ1) is 8.95. The Morgan fingerprint density at radius 1 is 1.26 bits per heavy atom. The molecule has 2 nitrogen and oxygen atoms in total. The molecule has 2 rings (SSSR count). The molecule has 1 aromatic carbocycles. The Kier molecular flexibility index (Phi) is 4.50. The van der Waals surface area contributed by atoms with Gasteiger partial charge in [-0.2, -0.15) is 0 Å². The van der Waals surface area contributed by atoms with E-state index in [1.54, 1.807) is 17.8 Å². The first kappa shape index (κ1) is 14.4. The highest BCUT2D eigenvalue weighted by atomic mass is 32.2. The zero-order valence-electron chi connectivity index (χ0n) is 11.2. The zero-order chi connectivity index (χ0) is 14.0. The van der Waals surface area contributed by atoms with E-state index in [0.717, 1.165) is 17.7 Å². The predicted octanol–water partition coefficient (Wildman–Crippen LogP) is 4.44. The molecule has 0 saturated heterocycles. The van der Waals surface area contributed by atoms with Crippen LogP contribution in [0.15, 0.2) is 23.1 Å². The van der Waals surface area contributed by atoms with Gasteiger partial charge in [0.15, 0.2) is 0 Å². The van der Waals surface area contributed by atoms with Crippen LogP contribution >= 0.6 is 11.8 Å². The molecule has 1 fully saturated rings. The summed E-state index contributed by atoms with van der Waals surface area (Å²) in [5.41, 5.74) is -0.234. The van der Waals surface area contributed by atoms with E-state index in [9.17, 15) is 9.18 Å². The quantitative estimate of drug-likeness (QED) is 0.890. The number of halogens is 1. The van der Waals surface area contributed by atoms with Crippen LogP contribution in [0.3, 0.4) is 0 Å². The summed E-state index contributed by atoms with van der Waals surface area (Å²) in [7, 11) is 0. The Bertz CT molecular complexity index is 465. The smallest absolute Gasteiger partial charge is 0.338 e. The number of carboxylic acid groups (broad SMARTS) is 1. The monoisotopic (exact) mass is 282 g/mol. The lowest BCUT2D eigenvalue weighted by Crippen LogP contribution is -2.21. The second-order valence-electron chi connectivity index (χ2n) is 5.60. The third-order valence-electron chi connectivity index (χ3n) is 3.61. The summed E-state index contributed by atoms with van der Waals surface area (Å²) in [6.45, 7) is 4.52. The van der Waals surface area contributed by atoms with Gasteiger partial charge in [-0.3, -0.25) is 0 Å². The number of carboxylic acids is 1. The highest BCUT2D eigenvalue weighted by Gasteiger charge is 2.25. The number of benzene rings is 1. The minimum absolute atomic E-state index is 0.234. The van der Waals surface area contributed by atoms with Crippen molar-refractivity contribution in [2.24, 2.45) is 11.8 Å². The zero-order valence-corrected chi connectivity index (χ0v) is 12.0. The van der Waals surface area contributed by atoms with E-state index < -0.39 is 11.8 Å². The van der Waals surface area contributed by atoms with Gasteiger partial charge in [0.1, 0.15) is 5.82 Å². The molecule has 104 valence electrons. The average Bonchev–Trinajstić information content (AvgIpc) is 2.30. The van der Waals surface area contributed by atoms with Crippen LogP contribution in [0.4, 0.5) is 4.39 Å². The molecule has 1 aliphatic carbocycles. The van der Waals surface area contributed by atoms with Crippen LogP contribution in [0.5, 0.6) is 0 Å². The molecule has 1 aliphatic rings. The van der Waals surface area contributed by atoms with Crippen molar-refractivity contribution < 1.29 is 14.3 Å². The van der Waals surface area contributed by atoms with Crippen LogP contribution < -0.4 is 0 Å². The first-order valence-electron chi connectivity index (χ1n) is 6.65. The summed E-state index contributed by atoms with van der Waals surface area (Å²) in [4.78, 5) is 11.8. The molecule has 1 aromatic rings. The summed E-state index contributed by atoms with van der Waals surface area (Å²) in [6, 6.07) is 4.38. The van der Waals surface area contributed by atoms with E-state index in [1.807, 2.05) is 0 Å². The standard InChI is InChI=1S/C15H19FO2S/c1-9-5-10(2)7-12(6-9)19-11-3-4-14(16)13(8-11)15(17)18/h3-4,8-10,12H,5-7H2,1-2H3,(H,17,18). The van der Waals surface area contributed by atoms with E-state index in [2.05, 4.69) is 13.8 Å². The molecule has 1 N–H and O–H groups in total. The van der Waals surface area contributed by atoms with Gasteiger partial charge < -0.3 is 5.11 Å². The molecule has 2 unspecified atom stereocenters. The number of rotatable bonds is 3. The lowest BCUT2D eigenvalue weighted by Gasteiger charge is -2.31. The normalized spacial score (nSPS) is 27.2. The van der Waals surface area contributed by atoms with Crippen molar-refractivity contribution in [2.75, 3.05) is 0 Å². The summed E-state index contributed by atoms with van der Waals surface area (Å²) in [6.07, 6.45) is 3.56. The van der Waals surface area contributed by atoms with Crippen molar-refractivity contribution in [2.45, 2.75) is 43.3 Å². The molecule has 0 amide bonds. The fourth-order valence-electron chi connectivity index (χ4n) is 2.90. The Labute approximate surface area is 117 Å². The fraction of sp³-hybridized carbons (Fsp3) is 0.533. The first-order valence-corrected chi connectivity index (χ1v) is 7.53. The summed E-state index contributed by atoms with van der Waals surface area (Å²) in [5, 5.41) is 9.44. The SMILES string of the molecule is CC1CC(C)CC(Sc2ccc(F)c(C(=O)O)c2)C1. The van der Waals surface area contributed by atoms with Crippen LogP contribution in [-0.4, -0.2) is 16.3 Å². The molecule has 0 heterocycles. The maximum absolute atomic E-state index is 13.3. The lowest BCUT2D eigenvalue weighted by molar-refractivity contribution is 0.0691. The van der Waals surface area contributed by atoms with Crippen LogP contribution in [0.1, 0.15) is 43.5 Å². The summed E-state index contributed by atoms with van der Waals surface area (Å²) in [5.74, 6) is -0.450. The highest BCUT2D eigenvalue weighted by Crippen LogP contribution is 2.38. The van der Waals surface area contributed by atoms with Gasteiger partial charge in [-0.15, -0.1) is 11.8 Å². The molecule has 2 atom stereocenters. The second kappa shape index (κ2) is 5.95. The maximum Gasteiger partial charge on any atom is 0.338 e. The molecule has 0 bridgehead atoms. The molecule has 0 radical (unpaired) electrons. The van der Waals surface area contributed by atoms with Crippen molar-refractivity contribution in [3.05, 3.63) is 29.6 Å². The van der Waals surface area contributed by atoms with E-state index in [-0.39, 0.29) is 5.56 Å². The van der Waals surface area contributed by atoms with Gasteiger partial charge in [-0.1, -0.05) is 13.8 Å². The van der Waals surface area contributed by atoms with Gasteiger partial charge in [0, 0.05) is 10.1 Å². The number of carbonyl (C=O) groups is 1. The van der Waals surface area contributed by atoms with Crippen molar-refractivity contribution in [3.63, 3.8) is 0 Å². The average molecular weight is 282 g/mol. The summed E-state index contributed by atoms with van der Waals surface area (Å²) >= 11 is 1.68. The van der Waals surface area contributed by atoms with E-state index in [0.29, 0.717) is 17.1 Å². The Hall–Kier alpha value is -1.03. The Morgan fingerprint density at radius 2 is 1.89 bits per heavy atom. The molecule has 0 aliphatic heterocycles. The Morgan fingerprint density at radius 3 is 2.47 bits per heavy atom. The van der Waals surface area contributed by atoms with Crippen molar-refractivity contribution in [1.29, 1.82) is 0 Å². The molecule has 19 heavy (non-hydrogen) atoms. The molecule has 1 saturated carbocycles. The van der Waals surface area contributed by atoms with Crippen molar-refractivity contribution in [1.82, 2.24) is 0 Å². The van der Waals surface area contributed by atoms with Crippen LogP contribution in [0.25, 0.3) is 0 Å². The molecular weight excluding hydrogens is 263 g/mol. The van der Waals surface area contributed by atoms with Gasteiger partial charge in [0.2, 0.25) is 0 Å². The lowest BCUT2D eigenvalue weighted by atomic mass is 9.83. The van der Waals surface area contributed by atoms with Crippen molar-refractivity contribution >= 4 is 17.7 Å². The third-order valence-corrected chi connectivity index (χ3v) is 4.85. The topological polar surface area (TPSA) is 37.3 Å². The minimum Gasteiger partial charge on any atom is -0.478 e. The van der Waals surface area contributed by atoms with Gasteiger partial charge in [0.25, 0.3) is 0 Å². The largest absolute Gasteiger partial charge is 0.478 e. The van der Waals surface area contributed by atoms with Crippen LogP contribution in [-0.2, 0) is 0 Å². The third kappa shape index (κ3) is 3.72. The predicted molar refractivity (Wildman–Crippen MR) is 75.2 cm³/mol. The van der Waals surface area contributed by atoms with Gasteiger partial charge in [-0.25, -0.2) is 9.18 Å². The Balaban J connectivity index is 2.10. The summed E-state index contributed by atoms with van der Waals surface area (Å²) < 4.78 is 13.3. The van der Waals surface area contributed by atoms with Gasteiger partial charge in [-0.05, 0) is 49.3 Å². The fourth-order valence-corrected chi connectivity index (χ4v) is 4.47. The van der Waals surface area contributed by atoms with Crippen LogP contribution in [0, 0.1) is 17.7 Å². The molecular formula is C15H19FO2S. The number of hydrogen-bond acceptors (Lipinski definition) is 2.